The minimum atomic E-state index is -0.419. The Hall–Kier alpha value is -8.54. The van der Waals surface area contributed by atoms with Gasteiger partial charge >= 0.3 is 18.1 Å². The van der Waals surface area contributed by atoms with Gasteiger partial charge in [0, 0.05) is 63.4 Å². The molecule has 2 aliphatic rings. The van der Waals surface area contributed by atoms with Crippen LogP contribution in [-0.4, -0.2) is 116 Å². The molecule has 2 fully saturated rings. The molecule has 1 atom stereocenters. The molecule has 75 heavy (non-hydrogen) atoms. The van der Waals surface area contributed by atoms with E-state index in [0.717, 1.165) is 54.4 Å². The average molecular weight is 1040 g/mol. The Bertz CT molecular complexity index is 2610. The van der Waals surface area contributed by atoms with Crippen LogP contribution < -0.4 is 49.1 Å². The number of rotatable bonds is 17. The quantitative estimate of drug-likeness (QED) is 0.0601. The van der Waals surface area contributed by atoms with Crippen LogP contribution >= 0.6 is 0 Å². The molecular weight excluding hydrogens is 965 g/mol. The Balaban J connectivity index is 0.000000210. The number of carbonyl (C=O) groups is 6. The lowest BCUT2D eigenvalue weighted by Gasteiger charge is -2.27. The fourth-order valence-electron chi connectivity index (χ4n) is 7.48. The zero-order chi connectivity index (χ0) is 54.1. The van der Waals surface area contributed by atoms with Gasteiger partial charge in [-0.25, -0.2) is 29.4 Å². The molecule has 9 amide bonds. The smallest absolute Gasteiger partial charge is 0.315 e. The van der Waals surface area contributed by atoms with Crippen LogP contribution in [0.25, 0.3) is 0 Å². The number of amides is 9. The van der Waals surface area contributed by atoms with E-state index in [4.69, 9.17) is 26.6 Å². The summed E-state index contributed by atoms with van der Waals surface area (Å²) in [6.45, 7) is 10.8. The van der Waals surface area contributed by atoms with Crippen LogP contribution in [0, 0.1) is 6.92 Å². The molecule has 2 saturated heterocycles. The van der Waals surface area contributed by atoms with Crippen LogP contribution in [0.1, 0.15) is 92.0 Å². The second kappa shape index (κ2) is 29.8. The maximum atomic E-state index is 12.6. The van der Waals surface area contributed by atoms with Gasteiger partial charge in [0.2, 0.25) is 17.7 Å². The second-order valence-corrected chi connectivity index (χ2v) is 17.8. The molecule has 1 unspecified atom stereocenters. The van der Waals surface area contributed by atoms with Crippen molar-refractivity contribution in [1.82, 2.24) is 66.9 Å². The number of likely N-dealkylation sites (tertiary alicyclic amines) is 1. The van der Waals surface area contributed by atoms with E-state index in [1.54, 1.807) is 65.5 Å². The van der Waals surface area contributed by atoms with E-state index < -0.39 is 18.1 Å². The van der Waals surface area contributed by atoms with E-state index in [1.807, 2.05) is 38.1 Å². The van der Waals surface area contributed by atoms with Crippen LogP contribution in [0.4, 0.5) is 31.7 Å². The van der Waals surface area contributed by atoms with Crippen molar-refractivity contribution in [3.05, 3.63) is 125 Å². The summed E-state index contributed by atoms with van der Waals surface area (Å²) >= 11 is 0. The van der Waals surface area contributed by atoms with Crippen molar-refractivity contribution in [2.45, 2.75) is 98.1 Å². The summed E-state index contributed by atoms with van der Waals surface area (Å²) < 4.78 is 5.19. The molecular formula is C51H70N16O8. The molecule has 7 rings (SSSR count). The number of pyridine rings is 2. The standard InChI is InChI=1S/C21H29N5O2.C17H22N6O3.C13H19N5O3/c1-4-16-6-5-7-17(10-16)14-26(15(2)3)20(27)13-25-21(28)24-12-18-8-9-19(22)23-11-18;1-11-21-16(26-22-11)14-3-2-8-23(14)15(24)10-20-17(25)19-9-12-4-6-13(18)7-5-12;14-11-4-3-10(7-15-11)8-16-13(20)17-9-12(19)18-5-1-2-6-21-18/h5-11,15H,4,12-14H2,1-3H3,(H2,22,23)(H2,24,25,28);4-7,14H,2-3,8-10,18H2,1H3,(H2,19,20,25);3-4,7H,1-2,5-6,8-9H2,(H2,14,15)(H2,16,17,20). The molecule has 0 aliphatic carbocycles. The van der Waals surface area contributed by atoms with Crippen molar-refractivity contribution >= 4 is 53.1 Å². The molecule has 0 saturated carbocycles. The summed E-state index contributed by atoms with van der Waals surface area (Å²) in [6, 6.07) is 20.9. The average Bonchev–Trinajstić information content (AvgIpc) is 4.10. The van der Waals surface area contributed by atoms with E-state index in [2.05, 4.69) is 71.1 Å². The van der Waals surface area contributed by atoms with Crippen molar-refractivity contribution in [2.24, 2.45) is 0 Å². The molecule has 402 valence electrons. The lowest BCUT2D eigenvalue weighted by molar-refractivity contribution is -0.195. The summed E-state index contributed by atoms with van der Waals surface area (Å²) in [5.41, 5.74) is 22.2. The highest BCUT2D eigenvalue weighted by atomic mass is 16.7. The monoisotopic (exact) mass is 1030 g/mol. The van der Waals surface area contributed by atoms with Crippen molar-refractivity contribution < 1.29 is 38.1 Å². The van der Waals surface area contributed by atoms with Crippen LogP contribution in [0.2, 0.25) is 0 Å². The van der Waals surface area contributed by atoms with E-state index in [-0.39, 0.29) is 49.4 Å². The fraction of sp³-hybridized carbons (Fsp3) is 0.412. The number of hydrogen-bond donors (Lipinski definition) is 9. The normalized spacial score (nSPS) is 13.7. The number of benzene rings is 2. The van der Waals surface area contributed by atoms with Gasteiger partial charge in [-0.15, -0.1) is 0 Å². The van der Waals surface area contributed by atoms with E-state index in [9.17, 15) is 28.8 Å². The van der Waals surface area contributed by atoms with Gasteiger partial charge in [-0.1, -0.05) is 60.6 Å². The number of nitrogen functional groups attached to an aromatic ring is 3. The molecule has 24 heteroatoms. The van der Waals surface area contributed by atoms with Crippen LogP contribution in [-0.2, 0) is 51.8 Å². The van der Waals surface area contributed by atoms with E-state index >= 15 is 0 Å². The van der Waals surface area contributed by atoms with Gasteiger partial charge < -0.3 is 63.4 Å². The van der Waals surface area contributed by atoms with Gasteiger partial charge in [-0.3, -0.25) is 19.2 Å². The number of urea groups is 3. The van der Waals surface area contributed by atoms with E-state index in [0.29, 0.717) is 74.9 Å². The van der Waals surface area contributed by atoms with E-state index in [1.165, 1.54) is 10.6 Å². The molecule has 2 aliphatic heterocycles. The fourth-order valence-corrected chi connectivity index (χ4v) is 7.48. The maximum Gasteiger partial charge on any atom is 0.315 e. The molecule has 0 radical (unpaired) electrons. The topological polar surface area (TPSA) is 336 Å². The van der Waals surface area contributed by atoms with Crippen molar-refractivity contribution in [1.29, 1.82) is 0 Å². The Morgan fingerprint density at radius 2 is 1.25 bits per heavy atom. The van der Waals surface area contributed by atoms with Crippen molar-refractivity contribution in [3.8, 4) is 0 Å². The van der Waals surface area contributed by atoms with Crippen LogP contribution in [0.5, 0.6) is 0 Å². The first-order valence-corrected chi connectivity index (χ1v) is 24.8. The summed E-state index contributed by atoms with van der Waals surface area (Å²) in [6.07, 6.45) is 7.65. The molecule has 12 N–H and O–H groups in total. The van der Waals surface area contributed by atoms with Gasteiger partial charge in [-0.2, -0.15) is 4.98 Å². The Kier molecular flexibility index (Phi) is 22.8. The first-order valence-electron chi connectivity index (χ1n) is 24.8. The van der Waals surface area contributed by atoms with Gasteiger partial charge in [0.05, 0.1) is 19.7 Å². The highest BCUT2D eigenvalue weighted by Gasteiger charge is 2.34. The number of carbonyl (C=O) groups excluding carboxylic acids is 6. The van der Waals surface area contributed by atoms with Gasteiger partial charge in [0.1, 0.15) is 24.2 Å². The van der Waals surface area contributed by atoms with Gasteiger partial charge in [0.25, 0.3) is 5.91 Å². The van der Waals surface area contributed by atoms with Crippen LogP contribution in [0.3, 0.4) is 0 Å². The number of nitrogens with zero attached hydrogens (tertiary/aromatic N) is 7. The highest BCUT2D eigenvalue weighted by molar-refractivity contribution is 5.85. The molecule has 3 aromatic heterocycles. The minimum Gasteiger partial charge on any atom is -0.399 e. The van der Waals surface area contributed by atoms with Gasteiger partial charge in [0.15, 0.2) is 5.82 Å². The Morgan fingerprint density at radius 3 is 1.79 bits per heavy atom. The lowest BCUT2D eigenvalue weighted by atomic mass is 10.1. The third-order valence-electron chi connectivity index (χ3n) is 11.6. The largest absolute Gasteiger partial charge is 0.399 e. The SMILES string of the molecule is CCc1cccc(CN(C(=O)CNC(=O)NCc2ccc(N)nc2)C(C)C)c1.Cc1noc(C2CCCN2C(=O)CNC(=O)NCc2ccc(N)cc2)n1.Nc1ccc(CNC(=O)NCC(=O)N2CCCCO2)cn1. The number of nitrogens with one attached hydrogen (secondary N) is 6. The maximum absolute atomic E-state index is 12.6. The molecule has 5 heterocycles. The Labute approximate surface area is 436 Å². The number of anilines is 3. The number of nitrogens with two attached hydrogens (primary N) is 3. The number of hydroxylamine groups is 2. The third kappa shape index (κ3) is 20.1. The minimum absolute atomic E-state index is 0.0310. The first kappa shape index (κ1) is 57.4. The summed E-state index contributed by atoms with van der Waals surface area (Å²) in [4.78, 5) is 93.0. The Morgan fingerprint density at radius 1 is 0.680 bits per heavy atom. The lowest BCUT2D eigenvalue weighted by Crippen LogP contribution is -2.45. The first-order chi connectivity index (χ1) is 36.1. The predicted octanol–water partition coefficient (Wildman–Crippen LogP) is 3.60. The molecule has 0 spiro atoms. The predicted molar refractivity (Wildman–Crippen MR) is 280 cm³/mol. The number of aryl methyl sites for hydroxylation is 2. The summed E-state index contributed by atoms with van der Waals surface area (Å²) in [5, 5.41) is 20.8. The third-order valence-corrected chi connectivity index (χ3v) is 11.6. The van der Waals surface area contributed by atoms with Crippen molar-refractivity contribution in [3.63, 3.8) is 0 Å². The zero-order valence-corrected chi connectivity index (χ0v) is 43.0. The summed E-state index contributed by atoms with van der Waals surface area (Å²) in [5.74, 6) is 1.29. The second-order valence-electron chi connectivity index (χ2n) is 17.8. The molecule has 0 bridgehead atoms. The number of aromatic nitrogens is 4. The van der Waals surface area contributed by atoms with Crippen molar-refractivity contribution in [2.75, 3.05) is 56.5 Å². The highest BCUT2D eigenvalue weighted by Crippen LogP contribution is 2.30. The number of hydrogen-bond acceptors (Lipinski definition) is 15. The van der Waals surface area contributed by atoms with Gasteiger partial charge in [-0.05, 0) is 105 Å². The van der Waals surface area contributed by atoms with Crippen LogP contribution in [0.15, 0.2) is 89.7 Å². The molecule has 5 aromatic rings. The molecule has 24 nitrogen and oxygen atoms in total. The summed E-state index contributed by atoms with van der Waals surface area (Å²) in [7, 11) is 0. The molecule has 2 aromatic carbocycles. The zero-order valence-electron chi connectivity index (χ0n) is 43.0.